The van der Waals surface area contributed by atoms with Crippen molar-refractivity contribution >= 4 is 6.16 Å². The maximum absolute atomic E-state index is 10.7. The Bertz CT molecular complexity index is 192. The molecule has 3 atom stereocenters. The van der Waals surface area contributed by atoms with E-state index in [1.807, 2.05) is 0 Å². The summed E-state index contributed by atoms with van der Waals surface area (Å²) in [5.74, 6) is 0. The Morgan fingerprint density at radius 1 is 1.42 bits per heavy atom. The Labute approximate surface area is 69.2 Å². The van der Waals surface area contributed by atoms with Crippen LogP contribution in [0.2, 0.25) is 0 Å². The molecule has 2 fully saturated rings. The van der Waals surface area contributed by atoms with Crippen molar-refractivity contribution < 1.29 is 24.1 Å². The van der Waals surface area contributed by atoms with Gasteiger partial charge >= 0.3 is 6.16 Å². The van der Waals surface area contributed by atoms with E-state index in [9.17, 15) is 9.90 Å². The molecule has 2 aliphatic heterocycles. The highest BCUT2D eigenvalue weighted by molar-refractivity contribution is 5.62. The van der Waals surface area contributed by atoms with E-state index in [1.165, 1.54) is 0 Å². The Morgan fingerprint density at radius 2 is 2.25 bits per heavy atom. The lowest BCUT2D eigenvalue weighted by atomic mass is 10.1. The number of ether oxygens (including phenoxy) is 3. The Balaban J connectivity index is 2.09. The molecule has 1 N–H and O–H groups in total. The summed E-state index contributed by atoms with van der Waals surface area (Å²) in [4.78, 5) is 10.7. The highest BCUT2D eigenvalue weighted by atomic mass is 16.8. The van der Waals surface area contributed by atoms with Gasteiger partial charge in [0.25, 0.3) is 0 Å². The molecule has 0 saturated carbocycles. The van der Waals surface area contributed by atoms with Crippen molar-refractivity contribution in [3.8, 4) is 0 Å². The fourth-order valence-electron chi connectivity index (χ4n) is 1.45. The zero-order valence-electron chi connectivity index (χ0n) is 6.43. The second-order valence-corrected chi connectivity index (χ2v) is 2.89. The van der Waals surface area contributed by atoms with Crippen LogP contribution in [0.3, 0.4) is 0 Å². The first-order chi connectivity index (χ1) is 5.77. The van der Waals surface area contributed by atoms with Crippen LogP contribution in [-0.2, 0) is 14.2 Å². The number of hydrogen-bond donors (Lipinski definition) is 1. The van der Waals surface area contributed by atoms with Gasteiger partial charge in [0.1, 0.15) is 6.10 Å². The third-order valence-electron chi connectivity index (χ3n) is 2.05. The normalized spacial score (nSPS) is 41.1. The van der Waals surface area contributed by atoms with Gasteiger partial charge in [-0.3, -0.25) is 0 Å². The molecule has 0 spiro atoms. The molecule has 1 unspecified atom stereocenters. The van der Waals surface area contributed by atoms with E-state index >= 15 is 0 Å². The molecule has 0 radical (unpaired) electrons. The zero-order valence-corrected chi connectivity index (χ0v) is 6.43. The van der Waals surface area contributed by atoms with E-state index in [2.05, 4.69) is 0 Å². The van der Waals surface area contributed by atoms with Gasteiger partial charge in [0.2, 0.25) is 0 Å². The van der Waals surface area contributed by atoms with Crippen LogP contribution in [0.4, 0.5) is 4.79 Å². The zero-order chi connectivity index (χ0) is 8.55. The molecular weight excluding hydrogens is 164 g/mol. The van der Waals surface area contributed by atoms with Gasteiger partial charge in [-0.2, -0.15) is 0 Å². The van der Waals surface area contributed by atoms with Crippen LogP contribution in [0.25, 0.3) is 0 Å². The van der Waals surface area contributed by atoms with Crippen LogP contribution < -0.4 is 0 Å². The van der Waals surface area contributed by atoms with Crippen molar-refractivity contribution in [2.45, 2.75) is 31.3 Å². The fourth-order valence-corrected chi connectivity index (χ4v) is 1.45. The number of fused-ring (bicyclic) bond motifs is 1. The molecule has 12 heavy (non-hydrogen) atoms. The van der Waals surface area contributed by atoms with Crippen molar-refractivity contribution in [2.75, 3.05) is 6.61 Å². The van der Waals surface area contributed by atoms with Gasteiger partial charge in [-0.25, -0.2) is 4.79 Å². The Morgan fingerprint density at radius 3 is 3.08 bits per heavy atom. The summed E-state index contributed by atoms with van der Waals surface area (Å²) in [5.41, 5.74) is 0. The number of carbonyl (C=O) groups is 1. The molecule has 5 heteroatoms. The molecule has 0 aromatic rings. The van der Waals surface area contributed by atoms with Crippen LogP contribution in [0, 0.1) is 0 Å². The summed E-state index contributed by atoms with van der Waals surface area (Å²) in [6.45, 7) is 0.481. The highest BCUT2D eigenvalue weighted by Crippen LogP contribution is 2.25. The molecule has 2 saturated heterocycles. The molecule has 0 aromatic carbocycles. The van der Waals surface area contributed by atoms with Gasteiger partial charge in [-0.05, 0) is 12.8 Å². The van der Waals surface area contributed by atoms with Gasteiger partial charge in [0.15, 0.2) is 12.4 Å². The minimum absolute atomic E-state index is 0.338. The standard InChI is InChI=1S/C7H10O5/c8-6-5-4(2-1-3-10-6)11-7(9)12-5/h4-6,8H,1-3H2/t4?,5-,6+/m0/s1. The average Bonchev–Trinajstić information content (AvgIpc) is 2.33. The number of carbonyl (C=O) groups excluding carboxylic acids is 1. The average molecular weight is 174 g/mol. The lowest BCUT2D eigenvalue weighted by Crippen LogP contribution is -2.34. The van der Waals surface area contributed by atoms with Crippen molar-refractivity contribution in [1.82, 2.24) is 0 Å². The number of aliphatic hydroxyl groups is 1. The number of rotatable bonds is 0. The van der Waals surface area contributed by atoms with E-state index in [-0.39, 0.29) is 6.10 Å². The van der Waals surface area contributed by atoms with Gasteiger partial charge in [0.05, 0.1) is 6.61 Å². The van der Waals surface area contributed by atoms with E-state index in [4.69, 9.17) is 14.2 Å². The molecule has 68 valence electrons. The van der Waals surface area contributed by atoms with Crippen LogP contribution in [0.15, 0.2) is 0 Å². The SMILES string of the molecule is O=C1OC2CCCO[C@@H](O)[C@H]2O1. The molecule has 2 aliphatic rings. The third kappa shape index (κ3) is 1.25. The second kappa shape index (κ2) is 2.91. The number of aliphatic hydroxyl groups excluding tert-OH is 1. The maximum Gasteiger partial charge on any atom is 0.509 e. The third-order valence-corrected chi connectivity index (χ3v) is 2.05. The molecule has 0 amide bonds. The molecule has 0 aliphatic carbocycles. The van der Waals surface area contributed by atoms with Crippen LogP contribution >= 0.6 is 0 Å². The predicted octanol–water partition coefficient (Wildman–Crippen LogP) is 0.0192. The largest absolute Gasteiger partial charge is 0.509 e. The molecule has 0 aromatic heterocycles. The second-order valence-electron chi connectivity index (χ2n) is 2.89. The van der Waals surface area contributed by atoms with Crippen LogP contribution in [0.5, 0.6) is 0 Å². The summed E-state index contributed by atoms with van der Waals surface area (Å²) in [6, 6.07) is 0. The van der Waals surface area contributed by atoms with Crippen LogP contribution in [0.1, 0.15) is 12.8 Å². The van der Waals surface area contributed by atoms with Crippen molar-refractivity contribution in [3.05, 3.63) is 0 Å². The predicted molar refractivity (Wildman–Crippen MR) is 36.3 cm³/mol. The van der Waals surface area contributed by atoms with E-state index in [0.717, 1.165) is 6.42 Å². The molecule has 0 bridgehead atoms. The minimum atomic E-state index is -1.04. The molecular formula is C7H10O5. The number of hydrogen-bond acceptors (Lipinski definition) is 5. The highest BCUT2D eigenvalue weighted by Gasteiger charge is 2.43. The van der Waals surface area contributed by atoms with E-state index < -0.39 is 18.5 Å². The summed E-state index contributed by atoms with van der Waals surface area (Å²) < 4.78 is 14.5. The van der Waals surface area contributed by atoms with E-state index in [1.54, 1.807) is 0 Å². The van der Waals surface area contributed by atoms with Gasteiger partial charge in [-0.15, -0.1) is 0 Å². The minimum Gasteiger partial charge on any atom is -0.427 e. The quantitative estimate of drug-likeness (QED) is 0.524. The summed E-state index contributed by atoms with van der Waals surface area (Å²) in [5, 5.41) is 9.30. The molecule has 2 rings (SSSR count). The van der Waals surface area contributed by atoms with Gasteiger partial charge < -0.3 is 19.3 Å². The van der Waals surface area contributed by atoms with Crippen molar-refractivity contribution in [1.29, 1.82) is 0 Å². The fraction of sp³-hybridized carbons (Fsp3) is 0.857. The van der Waals surface area contributed by atoms with Crippen molar-refractivity contribution in [3.63, 3.8) is 0 Å². The van der Waals surface area contributed by atoms with E-state index in [0.29, 0.717) is 13.0 Å². The molecule has 2 heterocycles. The van der Waals surface area contributed by atoms with Crippen molar-refractivity contribution in [2.24, 2.45) is 0 Å². The van der Waals surface area contributed by atoms with Gasteiger partial charge in [-0.1, -0.05) is 0 Å². The van der Waals surface area contributed by atoms with Crippen LogP contribution in [-0.4, -0.2) is 36.4 Å². The lowest BCUT2D eigenvalue weighted by Gasteiger charge is -2.15. The maximum atomic E-state index is 10.7. The lowest BCUT2D eigenvalue weighted by molar-refractivity contribution is -0.150. The smallest absolute Gasteiger partial charge is 0.427 e. The summed E-state index contributed by atoms with van der Waals surface area (Å²) in [6.07, 6.45) is -1.27. The molecule has 5 nitrogen and oxygen atoms in total. The summed E-state index contributed by atoms with van der Waals surface area (Å²) in [7, 11) is 0. The first-order valence-corrected chi connectivity index (χ1v) is 3.94. The topological polar surface area (TPSA) is 65.0 Å². The first-order valence-electron chi connectivity index (χ1n) is 3.94. The van der Waals surface area contributed by atoms with Gasteiger partial charge in [0, 0.05) is 0 Å². The Hall–Kier alpha value is -0.810. The first kappa shape index (κ1) is 7.82. The Kier molecular flexibility index (Phi) is 1.90. The monoisotopic (exact) mass is 174 g/mol. The summed E-state index contributed by atoms with van der Waals surface area (Å²) >= 11 is 0.